The summed E-state index contributed by atoms with van der Waals surface area (Å²) < 4.78 is 31.6. The number of unbranched alkanes of at least 4 members (excludes halogenated alkanes) is 2. The van der Waals surface area contributed by atoms with Crippen LogP contribution in [0.4, 0.5) is 0 Å². The van der Waals surface area contributed by atoms with Crippen LogP contribution < -0.4 is 18.9 Å². The highest BCUT2D eigenvalue weighted by Gasteiger charge is 2.65. The Morgan fingerprint density at radius 1 is 1.00 bits per heavy atom. The topological polar surface area (TPSA) is 129 Å². The van der Waals surface area contributed by atoms with Gasteiger partial charge in [0, 0.05) is 43.2 Å². The number of rotatable bonds is 19. The molecule has 2 heterocycles. The molecule has 1 fully saturated rings. The van der Waals surface area contributed by atoms with Crippen molar-refractivity contribution in [3.05, 3.63) is 84.5 Å². The Hall–Kier alpha value is -4.32. The Kier molecular flexibility index (Phi) is 12.8. The molecular formula is C42H54N2O9. The zero-order chi connectivity index (χ0) is 37.4. The molecule has 2 aliphatic heterocycles. The molecule has 0 saturated heterocycles. The van der Waals surface area contributed by atoms with Gasteiger partial charge in [-0.1, -0.05) is 49.7 Å². The third-order valence-electron chi connectivity index (χ3n) is 10.9. The summed E-state index contributed by atoms with van der Waals surface area (Å²) in [5.74, 6) is 0.719. The summed E-state index contributed by atoms with van der Waals surface area (Å²) >= 11 is 0. The zero-order valence-corrected chi connectivity index (χ0v) is 31.0. The fraction of sp³-hybridized carbons (Fsp3) is 0.524. The largest absolute Gasteiger partial charge is 0.490 e. The first-order chi connectivity index (χ1) is 25.9. The van der Waals surface area contributed by atoms with E-state index in [9.17, 15) is 15.0 Å². The molecule has 0 bridgehead atoms. The smallest absolute Gasteiger partial charge is 0.254 e. The fourth-order valence-electron chi connectivity index (χ4n) is 8.84. The molecule has 0 aromatic heterocycles. The number of fused-ring (bicyclic) bond motifs is 3. The van der Waals surface area contributed by atoms with E-state index in [0.29, 0.717) is 67.4 Å². The van der Waals surface area contributed by atoms with Crippen molar-refractivity contribution in [3.63, 3.8) is 0 Å². The average Bonchev–Trinajstić information content (AvgIpc) is 3.65. The van der Waals surface area contributed by atoms with Gasteiger partial charge in [-0.25, -0.2) is 0 Å². The normalized spacial score (nSPS) is 25.8. The molecule has 0 spiro atoms. The lowest BCUT2D eigenvalue weighted by Gasteiger charge is -2.60. The molecule has 11 nitrogen and oxygen atoms in total. The number of hydrogen-bond acceptors (Lipinski definition) is 10. The molecule has 0 unspecified atom stereocenters. The minimum absolute atomic E-state index is 0.107. The number of oxime groups is 1. The van der Waals surface area contributed by atoms with E-state index in [1.165, 1.54) is 0 Å². The second-order valence-corrected chi connectivity index (χ2v) is 14.1. The van der Waals surface area contributed by atoms with Crippen molar-refractivity contribution in [2.75, 3.05) is 46.9 Å². The lowest BCUT2D eigenvalue weighted by atomic mass is 9.55. The number of aliphatic hydroxyl groups is 2. The SMILES string of the molecule is C=CCOc1ccc2c(c1)[C@H]1[C@H](CCCCO)[C@@H](CCCCO)C=C3C(=NOC)C[C@H](N(CCC)C(=O)c4ccc5c(c4)OCO5)[C@@](OCC=C)(O2)[C@H]31. The predicted molar refractivity (Wildman–Crippen MR) is 202 cm³/mol. The second-order valence-electron chi connectivity index (χ2n) is 14.1. The van der Waals surface area contributed by atoms with Crippen LogP contribution in [-0.4, -0.2) is 85.4 Å². The van der Waals surface area contributed by atoms with Crippen LogP contribution in [0.15, 0.2) is 78.5 Å². The summed E-state index contributed by atoms with van der Waals surface area (Å²) in [6, 6.07) is 10.6. The lowest BCUT2D eigenvalue weighted by Crippen LogP contribution is -2.70. The Bertz CT molecular complexity index is 1670. The van der Waals surface area contributed by atoms with Crippen LogP contribution in [0.2, 0.25) is 0 Å². The highest BCUT2D eigenvalue weighted by atomic mass is 16.7. The molecular weight excluding hydrogens is 676 g/mol. The molecule has 1 saturated carbocycles. The summed E-state index contributed by atoms with van der Waals surface area (Å²) in [5.41, 5.74) is 3.21. The lowest BCUT2D eigenvalue weighted by molar-refractivity contribution is -0.254. The van der Waals surface area contributed by atoms with Gasteiger partial charge in [-0.3, -0.25) is 4.79 Å². The van der Waals surface area contributed by atoms with E-state index < -0.39 is 17.7 Å². The number of nitrogens with zero attached hydrogens (tertiary/aromatic N) is 2. The summed E-state index contributed by atoms with van der Waals surface area (Å²) in [5, 5.41) is 24.2. The number of aliphatic hydroxyl groups excluding tert-OH is 2. The van der Waals surface area contributed by atoms with Gasteiger partial charge in [-0.2, -0.15) is 0 Å². The molecule has 4 aliphatic rings. The van der Waals surface area contributed by atoms with Gasteiger partial charge in [0.25, 0.3) is 5.91 Å². The van der Waals surface area contributed by atoms with Crippen LogP contribution in [-0.2, 0) is 9.57 Å². The van der Waals surface area contributed by atoms with Crippen molar-refractivity contribution in [1.29, 1.82) is 0 Å². The minimum atomic E-state index is -1.33. The van der Waals surface area contributed by atoms with E-state index in [4.69, 9.17) is 28.5 Å². The van der Waals surface area contributed by atoms with Crippen molar-refractivity contribution >= 4 is 11.6 Å². The quantitative estimate of drug-likeness (QED) is 0.0912. The Morgan fingerprint density at radius 3 is 2.49 bits per heavy atom. The van der Waals surface area contributed by atoms with Crippen LogP contribution in [0.1, 0.15) is 80.1 Å². The molecule has 53 heavy (non-hydrogen) atoms. The van der Waals surface area contributed by atoms with Crippen LogP contribution in [0, 0.1) is 17.8 Å². The maximum atomic E-state index is 14.8. The first kappa shape index (κ1) is 38.4. The van der Waals surface area contributed by atoms with Crippen LogP contribution in [0.25, 0.3) is 0 Å². The molecule has 6 atom stereocenters. The van der Waals surface area contributed by atoms with Gasteiger partial charge in [-0.15, -0.1) is 6.58 Å². The number of benzene rings is 2. The number of carbonyl (C=O) groups excluding carboxylic acids is 1. The van der Waals surface area contributed by atoms with Gasteiger partial charge < -0.3 is 43.6 Å². The summed E-state index contributed by atoms with van der Waals surface area (Å²) in [6.45, 7) is 11.2. The van der Waals surface area contributed by atoms with Crippen molar-refractivity contribution in [2.24, 2.45) is 22.9 Å². The van der Waals surface area contributed by atoms with Gasteiger partial charge in [0.1, 0.15) is 31.3 Å². The zero-order valence-electron chi connectivity index (χ0n) is 31.0. The first-order valence-electron chi connectivity index (χ1n) is 19.0. The van der Waals surface area contributed by atoms with Crippen LogP contribution in [0.3, 0.4) is 0 Å². The van der Waals surface area contributed by atoms with Gasteiger partial charge in [0.2, 0.25) is 12.6 Å². The van der Waals surface area contributed by atoms with Crippen molar-refractivity contribution in [1.82, 2.24) is 4.90 Å². The number of hydrogen-bond donors (Lipinski definition) is 2. The number of ether oxygens (including phenoxy) is 5. The molecule has 2 N–H and O–H groups in total. The van der Waals surface area contributed by atoms with Gasteiger partial charge in [0.05, 0.1) is 18.2 Å². The highest BCUT2D eigenvalue weighted by Crippen LogP contribution is 2.62. The Balaban J connectivity index is 1.57. The first-order valence-corrected chi connectivity index (χ1v) is 19.0. The van der Waals surface area contributed by atoms with Gasteiger partial charge in [0.15, 0.2) is 11.5 Å². The van der Waals surface area contributed by atoms with Crippen molar-refractivity contribution < 1.29 is 43.5 Å². The molecule has 1 amide bonds. The maximum absolute atomic E-state index is 14.8. The summed E-state index contributed by atoms with van der Waals surface area (Å²) in [7, 11) is 1.55. The van der Waals surface area contributed by atoms with E-state index in [1.807, 2.05) is 17.0 Å². The minimum Gasteiger partial charge on any atom is -0.490 e. The van der Waals surface area contributed by atoms with E-state index >= 15 is 0 Å². The van der Waals surface area contributed by atoms with Gasteiger partial charge >= 0.3 is 0 Å². The van der Waals surface area contributed by atoms with Crippen LogP contribution in [0.5, 0.6) is 23.0 Å². The van der Waals surface area contributed by atoms with E-state index in [0.717, 1.165) is 42.5 Å². The summed E-state index contributed by atoms with van der Waals surface area (Å²) in [6.07, 6.45) is 11.6. The second kappa shape index (κ2) is 17.7. The van der Waals surface area contributed by atoms with Crippen molar-refractivity contribution in [2.45, 2.75) is 76.0 Å². The number of amides is 1. The average molecular weight is 731 g/mol. The molecule has 6 rings (SSSR count). The molecule has 286 valence electrons. The standard InChI is InChI=1S/C42H54N2O9/c1-5-18-44(41(47)29-14-16-36-37(24-29)51-27-50-36)38-26-34(43-48-4)32-23-28(12-8-10-19-45)31(13-9-11-20-46)39-33-25-30(49-21-6-2)15-17-35(33)53-42(38,40(32)39)52-22-7-3/h6-7,14-17,23-25,28,31,38-40,45-46H,2-3,5,8-13,18-22,26-27H2,1,4H3/t28-,31+,38-,39+,40+,42+/m0/s1. The Morgan fingerprint density at radius 2 is 1.75 bits per heavy atom. The molecule has 0 radical (unpaired) electrons. The molecule has 2 aliphatic carbocycles. The molecule has 2 aromatic carbocycles. The fourth-order valence-corrected chi connectivity index (χ4v) is 8.84. The molecule has 11 heteroatoms. The third kappa shape index (κ3) is 7.70. The third-order valence-corrected chi connectivity index (χ3v) is 10.9. The Labute approximate surface area is 312 Å². The highest BCUT2D eigenvalue weighted by molar-refractivity contribution is 6.03. The summed E-state index contributed by atoms with van der Waals surface area (Å²) in [4.78, 5) is 22.2. The van der Waals surface area contributed by atoms with Crippen molar-refractivity contribution in [3.8, 4) is 23.0 Å². The van der Waals surface area contributed by atoms with E-state index in [-0.39, 0.29) is 50.3 Å². The van der Waals surface area contributed by atoms with E-state index in [2.05, 4.69) is 37.4 Å². The number of carbonyl (C=O) groups is 1. The monoisotopic (exact) mass is 730 g/mol. The van der Waals surface area contributed by atoms with Crippen LogP contribution >= 0.6 is 0 Å². The maximum Gasteiger partial charge on any atom is 0.254 e. The van der Waals surface area contributed by atoms with Gasteiger partial charge in [-0.05, 0) is 85.9 Å². The predicted octanol–water partition coefficient (Wildman–Crippen LogP) is 6.80. The molecule has 2 aromatic rings. The number of allylic oxidation sites excluding steroid dienone is 1. The van der Waals surface area contributed by atoms with E-state index in [1.54, 1.807) is 37.5 Å².